The number of halogens is 3. The summed E-state index contributed by atoms with van der Waals surface area (Å²) in [6, 6.07) is 13.6. The van der Waals surface area contributed by atoms with Gasteiger partial charge in [-0.05, 0) is 55.0 Å². The summed E-state index contributed by atoms with van der Waals surface area (Å²) >= 11 is 6.05. The van der Waals surface area contributed by atoms with E-state index in [1.807, 2.05) is 0 Å². The Morgan fingerprint density at radius 1 is 1.06 bits per heavy atom. The minimum absolute atomic E-state index is 0.0187. The number of nitrogens with one attached hydrogen (secondary N) is 1. The van der Waals surface area contributed by atoms with E-state index in [9.17, 15) is 22.0 Å². The van der Waals surface area contributed by atoms with Crippen LogP contribution in [0.2, 0.25) is 5.02 Å². The van der Waals surface area contributed by atoms with Crippen LogP contribution < -0.4 is 5.32 Å². The normalized spacial score (nSPS) is 14.5. The summed E-state index contributed by atoms with van der Waals surface area (Å²) in [7, 11) is -4.23. The summed E-state index contributed by atoms with van der Waals surface area (Å²) in [6.45, 7) is 0.972. The largest absolute Gasteiger partial charge is 0.324 e. The monoisotopic (exact) mass is 475 g/mol. The first-order chi connectivity index (χ1) is 15.2. The van der Waals surface area contributed by atoms with Gasteiger partial charge in [-0.1, -0.05) is 29.8 Å². The van der Waals surface area contributed by atoms with Gasteiger partial charge in [-0.25, -0.2) is 8.78 Å². The highest BCUT2D eigenvalue weighted by Crippen LogP contribution is 2.31. The Labute approximate surface area is 188 Å². The molecular weight excluding hydrogens is 460 g/mol. The zero-order valence-corrected chi connectivity index (χ0v) is 18.2. The molecule has 3 aromatic rings. The quantitative estimate of drug-likeness (QED) is 0.610. The van der Waals surface area contributed by atoms with E-state index in [0.717, 1.165) is 6.07 Å². The fourth-order valence-electron chi connectivity index (χ4n) is 3.26. The number of amides is 1. The summed E-state index contributed by atoms with van der Waals surface area (Å²) in [6.07, 6.45) is 0. The third-order valence-electron chi connectivity index (χ3n) is 4.85. The van der Waals surface area contributed by atoms with Gasteiger partial charge in [0.25, 0.3) is 10.0 Å². The standard InChI is InChI=1S/C22H16ClF2N3O3S/c1-13-6-8-15(24)11-19(13)26-21(29)12-28-27-22(16-4-2-3-5-18(16)25)17-10-14(23)7-9-20(17)32(28,30)31/h2-11H,12H2,1H3,(H,26,29). The SMILES string of the molecule is Cc1ccc(F)cc1NC(=O)CN1N=C(c2ccccc2F)c2cc(Cl)ccc2S1(=O)=O. The van der Waals surface area contributed by atoms with Crippen LogP contribution in [0.3, 0.4) is 0 Å². The molecule has 0 aliphatic carbocycles. The fraction of sp³-hybridized carbons (Fsp3) is 0.0909. The molecule has 0 unspecified atom stereocenters. The molecule has 0 fully saturated rings. The van der Waals surface area contributed by atoms with Crippen LogP contribution in [0.15, 0.2) is 70.7 Å². The molecule has 164 valence electrons. The lowest BCUT2D eigenvalue weighted by molar-refractivity contribution is -0.116. The number of carbonyl (C=O) groups is 1. The third kappa shape index (κ3) is 4.09. The second kappa shape index (κ2) is 8.33. The number of fused-ring (bicyclic) bond motifs is 1. The van der Waals surface area contributed by atoms with E-state index in [2.05, 4.69) is 10.4 Å². The van der Waals surface area contributed by atoms with Crippen LogP contribution in [0, 0.1) is 18.6 Å². The zero-order valence-electron chi connectivity index (χ0n) is 16.6. The molecule has 0 bridgehead atoms. The Balaban J connectivity index is 1.75. The molecule has 1 amide bonds. The van der Waals surface area contributed by atoms with Crippen LogP contribution in [0.25, 0.3) is 0 Å². The first-order valence-corrected chi connectivity index (χ1v) is 11.2. The molecule has 0 spiro atoms. The Bertz CT molecular complexity index is 1380. The Kier molecular flexibility index (Phi) is 5.70. The second-order valence-electron chi connectivity index (χ2n) is 7.06. The molecule has 0 saturated carbocycles. The minimum Gasteiger partial charge on any atom is -0.324 e. The number of rotatable bonds is 4. The highest BCUT2D eigenvalue weighted by molar-refractivity contribution is 7.89. The lowest BCUT2D eigenvalue weighted by atomic mass is 10.0. The number of carbonyl (C=O) groups excluding carboxylic acids is 1. The number of aryl methyl sites for hydroxylation is 1. The lowest BCUT2D eigenvalue weighted by Crippen LogP contribution is -2.39. The van der Waals surface area contributed by atoms with Crippen molar-refractivity contribution in [2.75, 3.05) is 11.9 Å². The van der Waals surface area contributed by atoms with Crippen molar-refractivity contribution in [1.82, 2.24) is 4.41 Å². The summed E-state index contributed by atoms with van der Waals surface area (Å²) in [4.78, 5) is 12.4. The maximum Gasteiger partial charge on any atom is 0.280 e. The van der Waals surface area contributed by atoms with Gasteiger partial charge in [-0.15, -0.1) is 0 Å². The van der Waals surface area contributed by atoms with Crippen molar-refractivity contribution in [2.45, 2.75) is 11.8 Å². The number of hydrogen-bond acceptors (Lipinski definition) is 4. The molecule has 1 aliphatic heterocycles. The van der Waals surface area contributed by atoms with Crippen LogP contribution in [-0.4, -0.2) is 31.0 Å². The van der Waals surface area contributed by atoms with Crippen molar-refractivity contribution in [1.29, 1.82) is 0 Å². The third-order valence-corrected chi connectivity index (χ3v) is 6.76. The van der Waals surface area contributed by atoms with E-state index in [1.54, 1.807) is 13.0 Å². The first kappa shape index (κ1) is 21.9. The Morgan fingerprint density at radius 3 is 2.56 bits per heavy atom. The van der Waals surface area contributed by atoms with E-state index >= 15 is 0 Å². The zero-order chi connectivity index (χ0) is 23.0. The predicted molar refractivity (Wildman–Crippen MR) is 117 cm³/mol. The molecule has 4 rings (SSSR count). The van der Waals surface area contributed by atoms with Crippen LogP contribution in [0.5, 0.6) is 0 Å². The van der Waals surface area contributed by atoms with Crippen molar-refractivity contribution in [3.05, 3.63) is 94.0 Å². The Hall–Kier alpha value is -3.30. The van der Waals surface area contributed by atoms with Gasteiger partial charge >= 0.3 is 0 Å². The average Bonchev–Trinajstić information content (AvgIpc) is 2.73. The maximum atomic E-state index is 14.5. The minimum atomic E-state index is -4.23. The number of hydrogen-bond donors (Lipinski definition) is 1. The number of nitrogens with zero attached hydrogens (tertiary/aromatic N) is 2. The maximum absolute atomic E-state index is 14.5. The highest BCUT2D eigenvalue weighted by Gasteiger charge is 2.35. The summed E-state index contributed by atoms with van der Waals surface area (Å²) in [5.41, 5.74) is 0.995. The number of anilines is 1. The van der Waals surface area contributed by atoms with Crippen molar-refractivity contribution in [3.63, 3.8) is 0 Å². The second-order valence-corrected chi connectivity index (χ2v) is 9.31. The van der Waals surface area contributed by atoms with E-state index in [1.165, 1.54) is 48.5 Å². The van der Waals surface area contributed by atoms with Gasteiger partial charge in [0.1, 0.15) is 23.9 Å². The molecule has 1 heterocycles. The van der Waals surface area contributed by atoms with E-state index < -0.39 is 34.1 Å². The smallest absolute Gasteiger partial charge is 0.280 e. The summed E-state index contributed by atoms with van der Waals surface area (Å²) in [5.74, 6) is -1.91. The van der Waals surface area contributed by atoms with Crippen molar-refractivity contribution < 1.29 is 22.0 Å². The molecule has 0 radical (unpaired) electrons. The van der Waals surface area contributed by atoms with Gasteiger partial charge < -0.3 is 5.32 Å². The molecule has 3 aromatic carbocycles. The van der Waals surface area contributed by atoms with Crippen molar-refractivity contribution in [3.8, 4) is 0 Å². The fourth-order valence-corrected chi connectivity index (χ4v) is 4.81. The van der Waals surface area contributed by atoms with Gasteiger partial charge in [0.2, 0.25) is 5.91 Å². The number of sulfonamides is 1. The van der Waals surface area contributed by atoms with Crippen LogP contribution >= 0.6 is 11.6 Å². The van der Waals surface area contributed by atoms with Gasteiger partial charge in [-0.2, -0.15) is 17.9 Å². The van der Waals surface area contributed by atoms with E-state index in [0.29, 0.717) is 9.98 Å². The molecule has 10 heteroatoms. The molecule has 0 atom stereocenters. The molecule has 1 aliphatic rings. The first-order valence-electron chi connectivity index (χ1n) is 9.39. The van der Waals surface area contributed by atoms with Gasteiger partial charge in [0, 0.05) is 21.8 Å². The molecule has 6 nitrogen and oxygen atoms in total. The number of hydrazone groups is 1. The van der Waals surface area contributed by atoms with Gasteiger partial charge in [0.05, 0.1) is 4.90 Å². The number of benzene rings is 3. The van der Waals surface area contributed by atoms with E-state index in [-0.39, 0.29) is 32.4 Å². The van der Waals surface area contributed by atoms with Crippen molar-refractivity contribution >= 4 is 38.9 Å². The van der Waals surface area contributed by atoms with Crippen LogP contribution in [-0.2, 0) is 14.8 Å². The molecule has 0 aromatic heterocycles. The summed E-state index contributed by atoms with van der Waals surface area (Å²) < 4.78 is 54.9. The Morgan fingerprint density at radius 2 is 1.81 bits per heavy atom. The summed E-state index contributed by atoms with van der Waals surface area (Å²) in [5, 5.41) is 6.83. The molecule has 0 saturated heterocycles. The highest BCUT2D eigenvalue weighted by atomic mass is 35.5. The van der Waals surface area contributed by atoms with Gasteiger partial charge in [0.15, 0.2) is 0 Å². The van der Waals surface area contributed by atoms with Crippen LogP contribution in [0.1, 0.15) is 16.7 Å². The van der Waals surface area contributed by atoms with Gasteiger partial charge in [-0.3, -0.25) is 4.79 Å². The predicted octanol–water partition coefficient (Wildman–Crippen LogP) is 4.32. The lowest BCUT2D eigenvalue weighted by Gasteiger charge is -2.27. The molecular formula is C22H16ClF2N3O3S. The van der Waals surface area contributed by atoms with Crippen molar-refractivity contribution in [2.24, 2.45) is 5.10 Å². The molecule has 32 heavy (non-hydrogen) atoms. The topological polar surface area (TPSA) is 78.8 Å². The van der Waals surface area contributed by atoms with E-state index in [4.69, 9.17) is 11.6 Å². The molecule has 1 N–H and O–H groups in total. The van der Waals surface area contributed by atoms with Crippen LogP contribution in [0.4, 0.5) is 14.5 Å². The average molecular weight is 476 g/mol.